The van der Waals surface area contributed by atoms with Crippen LogP contribution in [0.4, 0.5) is 0 Å². The normalized spacial score (nSPS) is 18.3. The third-order valence-corrected chi connectivity index (χ3v) is 2.75. The number of carbonyl (C=O) groups is 1. The van der Waals surface area contributed by atoms with Gasteiger partial charge in [-0.25, -0.2) is 0 Å². The average molecular weight is 200 g/mol. The van der Waals surface area contributed by atoms with Crippen molar-refractivity contribution in [3.05, 3.63) is 47.0 Å². The highest BCUT2D eigenvalue weighted by atomic mass is 16.1. The zero-order valence-corrected chi connectivity index (χ0v) is 9.29. The summed E-state index contributed by atoms with van der Waals surface area (Å²) >= 11 is 0. The van der Waals surface area contributed by atoms with Gasteiger partial charge in [-0.15, -0.1) is 0 Å². The van der Waals surface area contributed by atoms with Gasteiger partial charge in [0, 0.05) is 5.56 Å². The van der Waals surface area contributed by atoms with E-state index in [4.69, 9.17) is 0 Å². The molecule has 1 heteroatoms. The molecule has 0 heterocycles. The number of hydrogen-bond donors (Lipinski definition) is 0. The molecule has 0 N–H and O–H groups in total. The van der Waals surface area contributed by atoms with E-state index >= 15 is 0 Å². The topological polar surface area (TPSA) is 17.1 Å². The molecule has 0 unspecified atom stereocenters. The van der Waals surface area contributed by atoms with E-state index in [1.165, 1.54) is 5.56 Å². The van der Waals surface area contributed by atoms with Crippen LogP contribution in [0.5, 0.6) is 0 Å². The van der Waals surface area contributed by atoms with Crippen LogP contribution in [-0.4, -0.2) is 5.78 Å². The molecule has 1 aliphatic carbocycles. The highest BCUT2D eigenvalue weighted by molar-refractivity contribution is 6.10. The molecule has 0 aliphatic heterocycles. The Kier molecular flexibility index (Phi) is 2.72. The fraction of sp³-hybridized carbons (Fsp3) is 0.357. The number of aryl methyl sites for hydroxylation is 1. The van der Waals surface area contributed by atoms with Gasteiger partial charge < -0.3 is 0 Å². The van der Waals surface area contributed by atoms with E-state index < -0.39 is 0 Å². The number of rotatable bonds is 1. The predicted molar refractivity (Wildman–Crippen MR) is 62.0 cm³/mol. The first-order chi connectivity index (χ1) is 7.18. The molecule has 0 saturated heterocycles. The molecule has 1 aromatic carbocycles. The average Bonchev–Trinajstić information content (AvgIpc) is 2.22. The lowest BCUT2D eigenvalue weighted by Gasteiger charge is -2.17. The van der Waals surface area contributed by atoms with Crippen molar-refractivity contribution < 1.29 is 4.79 Å². The third kappa shape index (κ3) is 2.01. The van der Waals surface area contributed by atoms with Crippen molar-refractivity contribution in [3.8, 4) is 0 Å². The Morgan fingerprint density at radius 1 is 1.20 bits per heavy atom. The van der Waals surface area contributed by atoms with Crippen molar-refractivity contribution in [3.63, 3.8) is 0 Å². The molecule has 15 heavy (non-hydrogen) atoms. The Morgan fingerprint density at radius 2 is 1.93 bits per heavy atom. The lowest BCUT2D eigenvalue weighted by molar-refractivity contribution is 0.102. The van der Waals surface area contributed by atoms with E-state index in [-0.39, 0.29) is 5.78 Å². The smallest absolute Gasteiger partial charge is 0.188 e. The largest absolute Gasteiger partial charge is 0.289 e. The van der Waals surface area contributed by atoms with E-state index in [1.807, 2.05) is 18.2 Å². The summed E-state index contributed by atoms with van der Waals surface area (Å²) < 4.78 is 0. The Balaban J connectivity index is 2.38. The van der Waals surface area contributed by atoms with Crippen molar-refractivity contribution in [1.29, 1.82) is 0 Å². The van der Waals surface area contributed by atoms with Crippen molar-refractivity contribution in [2.75, 3.05) is 0 Å². The standard InChI is InChI=1S/C14H16O/c1-10(2)9-12-8-7-11-5-3-4-6-13(11)14(12)15/h3-6,9-10H,7-8H2,1-2H3/b12-9+. The number of ketones is 1. The molecule has 1 aromatic rings. The zero-order valence-electron chi connectivity index (χ0n) is 9.29. The molecule has 0 spiro atoms. The SMILES string of the molecule is CC(C)/C=C1\CCc2ccccc2C1=O. The lowest BCUT2D eigenvalue weighted by atomic mass is 9.86. The van der Waals surface area contributed by atoms with E-state index in [1.54, 1.807) is 0 Å². The minimum Gasteiger partial charge on any atom is -0.289 e. The van der Waals surface area contributed by atoms with Gasteiger partial charge in [0.15, 0.2) is 5.78 Å². The van der Waals surface area contributed by atoms with Gasteiger partial charge in [0.1, 0.15) is 0 Å². The van der Waals surface area contributed by atoms with E-state index in [0.29, 0.717) is 5.92 Å². The number of carbonyl (C=O) groups excluding carboxylic acids is 1. The molecular weight excluding hydrogens is 184 g/mol. The number of Topliss-reactive ketones (excluding diaryl/α,β-unsaturated/α-hetero) is 1. The first kappa shape index (κ1) is 10.2. The molecule has 0 aromatic heterocycles. The van der Waals surface area contributed by atoms with Crippen LogP contribution in [0.15, 0.2) is 35.9 Å². The Labute approximate surface area is 90.8 Å². The van der Waals surface area contributed by atoms with Crippen LogP contribution < -0.4 is 0 Å². The van der Waals surface area contributed by atoms with Crippen LogP contribution in [0.25, 0.3) is 0 Å². The Hall–Kier alpha value is -1.37. The van der Waals surface area contributed by atoms with Gasteiger partial charge >= 0.3 is 0 Å². The number of fused-ring (bicyclic) bond motifs is 1. The summed E-state index contributed by atoms with van der Waals surface area (Å²) in [4.78, 5) is 12.1. The molecule has 2 rings (SSSR count). The van der Waals surface area contributed by atoms with Gasteiger partial charge in [-0.2, -0.15) is 0 Å². The first-order valence-corrected chi connectivity index (χ1v) is 5.52. The lowest BCUT2D eigenvalue weighted by Crippen LogP contribution is -2.14. The van der Waals surface area contributed by atoms with Gasteiger partial charge in [0.05, 0.1) is 0 Å². The van der Waals surface area contributed by atoms with Gasteiger partial charge in [0.2, 0.25) is 0 Å². The number of hydrogen-bond acceptors (Lipinski definition) is 1. The van der Waals surface area contributed by atoms with Crippen LogP contribution in [0.1, 0.15) is 36.2 Å². The molecular formula is C14H16O. The quantitative estimate of drug-likeness (QED) is 0.635. The second-order valence-electron chi connectivity index (χ2n) is 4.42. The highest BCUT2D eigenvalue weighted by Gasteiger charge is 2.20. The fourth-order valence-corrected chi connectivity index (χ4v) is 2.08. The molecule has 0 saturated carbocycles. The summed E-state index contributed by atoms with van der Waals surface area (Å²) in [6.45, 7) is 4.22. The van der Waals surface area contributed by atoms with Crippen LogP contribution >= 0.6 is 0 Å². The molecule has 0 radical (unpaired) electrons. The fourth-order valence-electron chi connectivity index (χ4n) is 2.08. The van der Waals surface area contributed by atoms with Crippen molar-refractivity contribution >= 4 is 5.78 Å². The summed E-state index contributed by atoms with van der Waals surface area (Å²) in [5.74, 6) is 0.680. The van der Waals surface area contributed by atoms with Crippen molar-refractivity contribution in [2.24, 2.45) is 5.92 Å². The molecule has 78 valence electrons. The van der Waals surface area contributed by atoms with Gasteiger partial charge in [-0.05, 0) is 29.9 Å². The monoisotopic (exact) mass is 200 g/mol. The maximum absolute atomic E-state index is 12.1. The Morgan fingerprint density at radius 3 is 2.67 bits per heavy atom. The van der Waals surface area contributed by atoms with Gasteiger partial charge in [-0.3, -0.25) is 4.79 Å². The van der Waals surface area contributed by atoms with Crippen LogP contribution in [-0.2, 0) is 6.42 Å². The summed E-state index contributed by atoms with van der Waals surface area (Å²) in [5, 5.41) is 0. The van der Waals surface area contributed by atoms with Crippen LogP contribution in [0.2, 0.25) is 0 Å². The molecule has 1 nitrogen and oxygen atoms in total. The third-order valence-electron chi connectivity index (χ3n) is 2.75. The second-order valence-corrected chi connectivity index (χ2v) is 4.42. The molecule has 0 bridgehead atoms. The summed E-state index contributed by atoms with van der Waals surface area (Å²) in [7, 11) is 0. The molecule has 1 aliphatic rings. The van der Waals surface area contributed by atoms with Crippen molar-refractivity contribution in [2.45, 2.75) is 26.7 Å². The minimum atomic E-state index is 0.227. The number of allylic oxidation sites excluding steroid dienone is 2. The van der Waals surface area contributed by atoms with Gasteiger partial charge in [-0.1, -0.05) is 44.2 Å². The summed E-state index contributed by atoms with van der Waals surface area (Å²) in [6, 6.07) is 7.93. The highest BCUT2D eigenvalue weighted by Crippen LogP contribution is 2.25. The van der Waals surface area contributed by atoms with E-state index in [9.17, 15) is 4.79 Å². The zero-order chi connectivity index (χ0) is 10.8. The molecule has 0 atom stereocenters. The van der Waals surface area contributed by atoms with E-state index in [0.717, 1.165) is 24.0 Å². The maximum Gasteiger partial charge on any atom is 0.188 e. The molecule has 0 amide bonds. The van der Waals surface area contributed by atoms with Gasteiger partial charge in [0.25, 0.3) is 0 Å². The molecule has 0 fully saturated rings. The Bertz CT molecular complexity index is 413. The van der Waals surface area contributed by atoms with Crippen LogP contribution in [0, 0.1) is 5.92 Å². The van der Waals surface area contributed by atoms with Crippen LogP contribution in [0.3, 0.4) is 0 Å². The second kappa shape index (κ2) is 4.01. The van der Waals surface area contributed by atoms with E-state index in [2.05, 4.69) is 26.0 Å². The first-order valence-electron chi connectivity index (χ1n) is 5.52. The number of benzene rings is 1. The summed E-state index contributed by atoms with van der Waals surface area (Å²) in [5.41, 5.74) is 3.09. The van der Waals surface area contributed by atoms with Crippen molar-refractivity contribution in [1.82, 2.24) is 0 Å². The summed E-state index contributed by atoms with van der Waals surface area (Å²) in [6.07, 6.45) is 3.99. The minimum absolute atomic E-state index is 0.227. The maximum atomic E-state index is 12.1. The predicted octanol–water partition coefficient (Wildman–Crippen LogP) is 3.40.